The van der Waals surface area contributed by atoms with E-state index in [4.69, 9.17) is 11.6 Å². The highest BCUT2D eigenvalue weighted by Crippen LogP contribution is 2.46. The van der Waals surface area contributed by atoms with E-state index < -0.39 is 29.3 Å². The average Bonchev–Trinajstić information content (AvgIpc) is 2.26. The van der Waals surface area contributed by atoms with Crippen molar-refractivity contribution in [3.63, 3.8) is 0 Å². The molecule has 0 aromatic heterocycles. The third-order valence-corrected chi connectivity index (χ3v) is 2.37. The fraction of sp³-hybridized carbons (Fsp3) is 0.300. The first-order chi connectivity index (χ1) is 8.20. The molecule has 2 nitrogen and oxygen atoms in total. The molecule has 0 fully saturated rings. The number of rotatable bonds is 4. The van der Waals surface area contributed by atoms with E-state index in [2.05, 4.69) is 4.74 Å². The highest BCUT2D eigenvalue weighted by molar-refractivity contribution is 6.31. The topological polar surface area (TPSA) is 26.3 Å². The maximum Gasteiger partial charge on any atom is 0.458 e. The minimum Gasteiger partial charge on any atom is -0.463 e. The molecule has 0 aliphatic rings. The van der Waals surface area contributed by atoms with Crippen LogP contribution in [0.4, 0.5) is 22.0 Å². The SMILES string of the molecule is O=COCc1ccc(Cl)c(C(F)(F)C(F)(F)F)c1. The van der Waals surface area contributed by atoms with Gasteiger partial charge in [0, 0.05) is 5.56 Å². The van der Waals surface area contributed by atoms with Crippen LogP contribution in [0.5, 0.6) is 0 Å². The van der Waals surface area contributed by atoms with Gasteiger partial charge in [0.05, 0.1) is 5.02 Å². The fourth-order valence-electron chi connectivity index (χ4n) is 1.19. The smallest absolute Gasteiger partial charge is 0.458 e. The lowest BCUT2D eigenvalue weighted by Gasteiger charge is -2.21. The Morgan fingerprint density at radius 2 is 1.83 bits per heavy atom. The molecule has 0 saturated carbocycles. The second kappa shape index (κ2) is 5.09. The molecule has 0 heterocycles. The Hall–Kier alpha value is -1.37. The molecule has 0 aliphatic carbocycles. The number of alkyl halides is 5. The Bertz CT molecular complexity index is 444. The number of carbonyl (C=O) groups excluding carboxylic acids is 1. The first-order valence-corrected chi connectivity index (χ1v) is 4.86. The van der Waals surface area contributed by atoms with Crippen LogP contribution in [0, 0.1) is 0 Å². The summed E-state index contributed by atoms with van der Waals surface area (Å²) in [6.07, 6.45) is -5.75. The predicted molar refractivity (Wildman–Crippen MR) is 52.3 cm³/mol. The van der Waals surface area contributed by atoms with Gasteiger partial charge in [-0.15, -0.1) is 0 Å². The molecular formula is C10H6ClF5O2. The summed E-state index contributed by atoms with van der Waals surface area (Å²) in [5, 5.41) is -0.716. The molecule has 1 aromatic carbocycles. The van der Waals surface area contributed by atoms with Crippen molar-refractivity contribution in [3.05, 3.63) is 34.3 Å². The number of hydrogen-bond acceptors (Lipinski definition) is 2. The summed E-state index contributed by atoms with van der Waals surface area (Å²) >= 11 is 5.33. The molecule has 0 atom stereocenters. The van der Waals surface area contributed by atoms with Gasteiger partial charge in [-0.3, -0.25) is 4.79 Å². The predicted octanol–water partition coefficient (Wildman–Crippen LogP) is 3.67. The van der Waals surface area contributed by atoms with Crippen LogP contribution in [0.15, 0.2) is 18.2 Å². The average molecular weight is 289 g/mol. The minimum atomic E-state index is -5.75. The highest BCUT2D eigenvalue weighted by atomic mass is 35.5. The Kier molecular flexibility index (Phi) is 4.16. The number of carbonyl (C=O) groups is 1. The minimum absolute atomic E-state index is 0.0228. The van der Waals surface area contributed by atoms with Crippen LogP contribution in [0.25, 0.3) is 0 Å². The molecule has 100 valence electrons. The number of hydrogen-bond donors (Lipinski definition) is 0. The van der Waals surface area contributed by atoms with Crippen molar-refractivity contribution in [1.29, 1.82) is 0 Å². The van der Waals surface area contributed by atoms with E-state index in [1.807, 2.05) is 0 Å². The third-order valence-electron chi connectivity index (χ3n) is 2.04. The quantitative estimate of drug-likeness (QED) is 0.624. The summed E-state index contributed by atoms with van der Waals surface area (Å²) in [5.74, 6) is -5.07. The lowest BCUT2D eigenvalue weighted by molar-refractivity contribution is -0.289. The summed E-state index contributed by atoms with van der Waals surface area (Å²) < 4.78 is 67.0. The van der Waals surface area contributed by atoms with Gasteiger partial charge in [-0.25, -0.2) is 0 Å². The summed E-state index contributed by atoms with van der Waals surface area (Å²) in [6.45, 7) is -0.363. The standard InChI is InChI=1S/C10H6ClF5O2/c11-8-2-1-6(4-18-5-17)3-7(8)9(12,13)10(14,15)16/h1-3,5H,4H2. The van der Waals surface area contributed by atoms with Gasteiger partial charge in [0.15, 0.2) is 0 Å². The van der Waals surface area contributed by atoms with Gasteiger partial charge >= 0.3 is 12.1 Å². The molecule has 0 radical (unpaired) electrons. The van der Waals surface area contributed by atoms with Gasteiger partial charge in [0.2, 0.25) is 0 Å². The van der Waals surface area contributed by atoms with Crippen molar-refractivity contribution in [1.82, 2.24) is 0 Å². The van der Waals surface area contributed by atoms with Gasteiger partial charge in [0.1, 0.15) is 6.61 Å². The van der Waals surface area contributed by atoms with Gasteiger partial charge in [-0.05, 0) is 17.7 Å². The Morgan fingerprint density at radius 3 is 2.33 bits per heavy atom. The van der Waals surface area contributed by atoms with E-state index in [1.165, 1.54) is 6.07 Å². The lowest BCUT2D eigenvalue weighted by Crippen LogP contribution is -2.34. The van der Waals surface area contributed by atoms with Gasteiger partial charge in [-0.2, -0.15) is 22.0 Å². The molecule has 0 unspecified atom stereocenters. The Morgan fingerprint density at radius 1 is 1.22 bits per heavy atom. The Labute approximate surface area is 103 Å². The Balaban J connectivity index is 3.19. The van der Waals surface area contributed by atoms with E-state index in [0.29, 0.717) is 6.07 Å². The van der Waals surface area contributed by atoms with Crippen LogP contribution in [-0.4, -0.2) is 12.6 Å². The van der Waals surface area contributed by atoms with Crippen LogP contribution >= 0.6 is 11.6 Å². The van der Waals surface area contributed by atoms with E-state index in [1.54, 1.807) is 0 Å². The zero-order valence-corrected chi connectivity index (χ0v) is 9.36. The molecule has 1 aromatic rings. The van der Waals surface area contributed by atoms with Crippen molar-refractivity contribution in [2.75, 3.05) is 0 Å². The van der Waals surface area contributed by atoms with Crippen LogP contribution < -0.4 is 0 Å². The van der Waals surface area contributed by atoms with Crippen LogP contribution in [-0.2, 0) is 22.1 Å². The monoisotopic (exact) mass is 288 g/mol. The summed E-state index contributed by atoms with van der Waals surface area (Å²) in [5.41, 5.74) is -1.39. The summed E-state index contributed by atoms with van der Waals surface area (Å²) in [6, 6.07) is 2.63. The molecule has 0 aliphatic heterocycles. The number of halogens is 6. The maximum atomic E-state index is 13.1. The zero-order valence-electron chi connectivity index (χ0n) is 8.60. The van der Waals surface area contributed by atoms with E-state index in [9.17, 15) is 26.7 Å². The highest BCUT2D eigenvalue weighted by Gasteiger charge is 2.59. The van der Waals surface area contributed by atoms with Crippen LogP contribution in [0.1, 0.15) is 11.1 Å². The normalized spacial score (nSPS) is 12.3. The second-order valence-corrected chi connectivity index (χ2v) is 3.70. The zero-order chi connectivity index (χ0) is 14.0. The van der Waals surface area contributed by atoms with E-state index in [-0.39, 0.29) is 12.0 Å². The van der Waals surface area contributed by atoms with Gasteiger partial charge in [-0.1, -0.05) is 17.7 Å². The molecule has 0 spiro atoms. The van der Waals surface area contributed by atoms with E-state index in [0.717, 1.165) is 6.07 Å². The van der Waals surface area contributed by atoms with Crippen molar-refractivity contribution in [3.8, 4) is 0 Å². The van der Waals surface area contributed by atoms with Crippen molar-refractivity contribution >= 4 is 18.1 Å². The first kappa shape index (κ1) is 14.7. The lowest BCUT2D eigenvalue weighted by atomic mass is 10.0. The van der Waals surface area contributed by atoms with E-state index >= 15 is 0 Å². The number of benzene rings is 1. The first-order valence-electron chi connectivity index (χ1n) is 4.49. The summed E-state index contributed by atoms with van der Waals surface area (Å²) in [4.78, 5) is 9.91. The molecule has 1 rings (SSSR count). The molecule has 0 N–H and O–H groups in total. The molecule has 0 saturated heterocycles. The van der Waals surface area contributed by atoms with Crippen molar-refractivity contribution < 1.29 is 31.5 Å². The van der Waals surface area contributed by atoms with Crippen LogP contribution in [0.2, 0.25) is 5.02 Å². The molecule has 0 amide bonds. The summed E-state index contributed by atoms with van der Waals surface area (Å²) in [7, 11) is 0. The second-order valence-electron chi connectivity index (χ2n) is 3.29. The molecule has 0 bridgehead atoms. The fourth-order valence-corrected chi connectivity index (χ4v) is 1.42. The van der Waals surface area contributed by atoms with Crippen LogP contribution in [0.3, 0.4) is 0 Å². The molecular weight excluding hydrogens is 283 g/mol. The van der Waals surface area contributed by atoms with Gasteiger partial charge in [0.25, 0.3) is 6.47 Å². The third kappa shape index (κ3) is 2.90. The molecule has 18 heavy (non-hydrogen) atoms. The number of ether oxygens (including phenoxy) is 1. The molecule has 8 heteroatoms. The van der Waals surface area contributed by atoms with Crippen molar-refractivity contribution in [2.24, 2.45) is 0 Å². The van der Waals surface area contributed by atoms with Gasteiger partial charge < -0.3 is 4.74 Å². The largest absolute Gasteiger partial charge is 0.463 e. The maximum absolute atomic E-state index is 13.1. The van der Waals surface area contributed by atoms with Crippen molar-refractivity contribution in [2.45, 2.75) is 18.7 Å².